The number of benzene rings is 3. The lowest BCUT2D eigenvalue weighted by atomic mass is 10.1. The third-order valence-corrected chi connectivity index (χ3v) is 7.07. The van der Waals surface area contributed by atoms with Crippen molar-refractivity contribution in [2.45, 2.75) is 25.7 Å². The third-order valence-electron chi connectivity index (χ3n) is 4.88. The molecule has 0 atom stereocenters. The molecule has 0 aliphatic heterocycles. The molecule has 0 aliphatic rings. The van der Waals surface area contributed by atoms with E-state index in [-0.39, 0.29) is 4.90 Å². The third kappa shape index (κ3) is 5.55. The molecule has 0 bridgehead atoms. The second-order valence-electron chi connectivity index (χ2n) is 7.36. The van der Waals surface area contributed by atoms with Crippen molar-refractivity contribution >= 4 is 38.9 Å². The summed E-state index contributed by atoms with van der Waals surface area (Å²) >= 11 is 6.23. The van der Waals surface area contributed by atoms with Gasteiger partial charge in [-0.15, -0.1) is 0 Å². The summed E-state index contributed by atoms with van der Waals surface area (Å²) in [5.74, 6) is -0.576. The first-order valence-electron chi connectivity index (χ1n) is 9.92. The quantitative estimate of drug-likeness (QED) is 0.402. The number of anilines is 1. The summed E-state index contributed by atoms with van der Waals surface area (Å²) in [7, 11) is -4.01. The van der Waals surface area contributed by atoms with Gasteiger partial charge in [0.25, 0.3) is 15.9 Å². The molecule has 3 aromatic carbocycles. The molecule has 6 nitrogen and oxygen atoms in total. The molecule has 1 amide bonds. The number of hydrazone groups is 1. The van der Waals surface area contributed by atoms with Crippen LogP contribution in [0.4, 0.5) is 5.69 Å². The Balaban J connectivity index is 1.88. The minimum absolute atomic E-state index is 0.0730. The van der Waals surface area contributed by atoms with Crippen molar-refractivity contribution < 1.29 is 13.2 Å². The van der Waals surface area contributed by atoms with E-state index in [1.165, 1.54) is 18.2 Å². The lowest BCUT2D eigenvalue weighted by molar-refractivity contribution is -0.119. The fourth-order valence-corrected chi connectivity index (χ4v) is 4.55. The maximum atomic E-state index is 13.3. The van der Waals surface area contributed by atoms with E-state index in [9.17, 15) is 13.2 Å². The summed E-state index contributed by atoms with van der Waals surface area (Å²) in [5.41, 5.74) is 6.12. The van der Waals surface area contributed by atoms with Crippen LogP contribution >= 0.6 is 11.6 Å². The van der Waals surface area contributed by atoms with Crippen LogP contribution in [0.5, 0.6) is 0 Å². The van der Waals surface area contributed by atoms with Gasteiger partial charge < -0.3 is 0 Å². The zero-order valence-electron chi connectivity index (χ0n) is 18.0. The van der Waals surface area contributed by atoms with E-state index in [1.54, 1.807) is 37.3 Å². The summed E-state index contributed by atoms with van der Waals surface area (Å²) in [5, 5.41) is 4.53. The van der Waals surface area contributed by atoms with Gasteiger partial charge in [-0.2, -0.15) is 5.10 Å². The first-order valence-corrected chi connectivity index (χ1v) is 11.7. The molecule has 0 saturated carbocycles. The van der Waals surface area contributed by atoms with Crippen molar-refractivity contribution in [3.63, 3.8) is 0 Å². The molecule has 0 heterocycles. The number of nitrogens with zero attached hydrogens (tertiary/aromatic N) is 2. The van der Waals surface area contributed by atoms with Crippen LogP contribution in [-0.4, -0.2) is 26.6 Å². The highest BCUT2D eigenvalue weighted by molar-refractivity contribution is 7.92. The van der Waals surface area contributed by atoms with E-state index in [2.05, 4.69) is 10.5 Å². The minimum Gasteiger partial charge on any atom is -0.271 e. The topological polar surface area (TPSA) is 78.8 Å². The van der Waals surface area contributed by atoms with Crippen molar-refractivity contribution in [1.29, 1.82) is 0 Å². The zero-order chi connectivity index (χ0) is 23.3. The maximum absolute atomic E-state index is 13.3. The lowest BCUT2D eigenvalue weighted by Crippen LogP contribution is -2.39. The number of aryl methyl sites for hydroxylation is 2. The van der Waals surface area contributed by atoms with Crippen molar-refractivity contribution in [3.8, 4) is 0 Å². The molecule has 166 valence electrons. The number of amides is 1. The van der Waals surface area contributed by atoms with E-state index in [4.69, 9.17) is 11.6 Å². The summed E-state index contributed by atoms with van der Waals surface area (Å²) < 4.78 is 27.7. The molecule has 0 saturated heterocycles. The lowest BCUT2D eigenvalue weighted by Gasteiger charge is -2.24. The van der Waals surface area contributed by atoms with Gasteiger partial charge in [-0.05, 0) is 56.2 Å². The number of carbonyl (C=O) groups is 1. The van der Waals surface area contributed by atoms with E-state index in [0.717, 1.165) is 21.0 Å². The van der Waals surface area contributed by atoms with Gasteiger partial charge in [0.1, 0.15) is 6.54 Å². The summed E-state index contributed by atoms with van der Waals surface area (Å²) in [6.07, 6.45) is 0. The fourth-order valence-electron chi connectivity index (χ4n) is 2.94. The number of rotatable bonds is 7. The van der Waals surface area contributed by atoms with Crippen LogP contribution < -0.4 is 9.73 Å². The molecule has 8 heteroatoms. The number of hydrogen-bond acceptors (Lipinski definition) is 4. The Morgan fingerprint density at radius 2 is 1.66 bits per heavy atom. The van der Waals surface area contributed by atoms with Crippen LogP contribution in [0, 0.1) is 13.8 Å². The second kappa shape index (κ2) is 9.97. The molecule has 3 rings (SSSR count). The Labute approximate surface area is 193 Å². The predicted octanol–water partition coefficient (Wildman–Crippen LogP) is 4.69. The highest BCUT2D eigenvalue weighted by Gasteiger charge is 2.27. The van der Waals surface area contributed by atoms with Gasteiger partial charge in [-0.25, -0.2) is 13.8 Å². The molecule has 0 aliphatic carbocycles. The molecule has 3 aromatic rings. The average Bonchev–Trinajstić information content (AvgIpc) is 2.78. The van der Waals surface area contributed by atoms with Crippen LogP contribution in [0.25, 0.3) is 0 Å². The van der Waals surface area contributed by atoms with E-state index in [1.807, 2.05) is 38.1 Å². The Kier molecular flexibility index (Phi) is 7.33. The first-order chi connectivity index (χ1) is 15.2. The van der Waals surface area contributed by atoms with Crippen LogP contribution in [0.2, 0.25) is 5.02 Å². The fraction of sp³-hybridized carbons (Fsp3) is 0.167. The molecule has 1 N–H and O–H groups in total. The largest absolute Gasteiger partial charge is 0.271 e. The van der Waals surface area contributed by atoms with Crippen LogP contribution in [-0.2, 0) is 14.8 Å². The van der Waals surface area contributed by atoms with E-state index >= 15 is 0 Å². The molecule has 32 heavy (non-hydrogen) atoms. The maximum Gasteiger partial charge on any atom is 0.264 e. The van der Waals surface area contributed by atoms with Crippen molar-refractivity contribution in [1.82, 2.24) is 5.43 Å². The van der Waals surface area contributed by atoms with Gasteiger partial charge in [0.15, 0.2) is 0 Å². The Bertz CT molecular complexity index is 1240. The van der Waals surface area contributed by atoms with Crippen LogP contribution in [0.15, 0.2) is 82.8 Å². The number of carbonyl (C=O) groups excluding carboxylic acids is 1. The highest BCUT2D eigenvalue weighted by atomic mass is 35.5. The van der Waals surface area contributed by atoms with Gasteiger partial charge >= 0.3 is 0 Å². The van der Waals surface area contributed by atoms with Crippen LogP contribution in [0.1, 0.15) is 23.6 Å². The molecular formula is C24H24ClN3O3S. The zero-order valence-corrected chi connectivity index (χ0v) is 19.6. The van der Waals surface area contributed by atoms with Crippen molar-refractivity contribution in [2.24, 2.45) is 5.10 Å². The van der Waals surface area contributed by atoms with Gasteiger partial charge in [-0.1, -0.05) is 65.7 Å². The number of halogens is 1. The first kappa shape index (κ1) is 23.5. The van der Waals surface area contributed by atoms with Crippen molar-refractivity contribution in [3.05, 3.63) is 94.5 Å². The van der Waals surface area contributed by atoms with Gasteiger partial charge in [-0.3, -0.25) is 9.10 Å². The average molecular weight is 470 g/mol. The molecule has 0 aromatic heterocycles. The molecule has 0 unspecified atom stereocenters. The van der Waals surface area contributed by atoms with Crippen LogP contribution in [0.3, 0.4) is 0 Å². The molecule has 0 radical (unpaired) electrons. The SMILES string of the molecule is C/C(=N/NC(=O)CN(c1ccc(C)c(Cl)c1)S(=O)(=O)c1ccccc1)c1ccc(C)cc1. The molecular weight excluding hydrogens is 446 g/mol. The number of nitrogens with one attached hydrogen (secondary N) is 1. The minimum atomic E-state index is -4.01. The summed E-state index contributed by atoms with van der Waals surface area (Å²) in [4.78, 5) is 12.8. The van der Waals surface area contributed by atoms with E-state index < -0.39 is 22.5 Å². The number of sulfonamides is 1. The number of hydrogen-bond donors (Lipinski definition) is 1. The monoisotopic (exact) mass is 469 g/mol. The molecule has 0 fully saturated rings. The summed E-state index contributed by atoms with van der Waals surface area (Å²) in [6, 6.07) is 20.5. The van der Waals surface area contributed by atoms with Crippen molar-refractivity contribution in [2.75, 3.05) is 10.8 Å². The van der Waals surface area contributed by atoms with Gasteiger partial charge in [0.2, 0.25) is 0 Å². The molecule has 0 spiro atoms. The smallest absolute Gasteiger partial charge is 0.264 e. The predicted molar refractivity (Wildman–Crippen MR) is 129 cm³/mol. The Morgan fingerprint density at radius 1 is 1.00 bits per heavy atom. The Hall–Kier alpha value is -3.16. The van der Waals surface area contributed by atoms with Gasteiger partial charge in [0.05, 0.1) is 16.3 Å². The highest BCUT2D eigenvalue weighted by Crippen LogP contribution is 2.27. The van der Waals surface area contributed by atoms with Gasteiger partial charge in [0, 0.05) is 5.02 Å². The second-order valence-corrected chi connectivity index (χ2v) is 9.63. The normalized spacial score (nSPS) is 11.8. The Morgan fingerprint density at radius 3 is 2.28 bits per heavy atom. The summed E-state index contributed by atoms with van der Waals surface area (Å²) in [6.45, 7) is 5.11. The van der Waals surface area contributed by atoms with E-state index in [0.29, 0.717) is 16.4 Å². The standard InChI is InChI=1S/C24H24ClN3O3S/c1-17-9-12-20(13-10-17)19(3)26-27-24(29)16-28(21-14-11-18(2)23(25)15-21)32(30,31)22-7-5-4-6-8-22/h4-15H,16H2,1-3H3,(H,27,29)/b26-19-.